The summed E-state index contributed by atoms with van der Waals surface area (Å²) in [6, 6.07) is 6.77. The molecule has 0 aromatic heterocycles. The van der Waals surface area contributed by atoms with Crippen LogP contribution in [0.5, 0.6) is 0 Å². The minimum absolute atomic E-state index is 0.00542. The van der Waals surface area contributed by atoms with Crippen LogP contribution in [0.2, 0.25) is 0 Å². The van der Waals surface area contributed by atoms with Gasteiger partial charge in [0.15, 0.2) is 12.4 Å². The highest BCUT2D eigenvalue weighted by atomic mass is 16.5. The van der Waals surface area contributed by atoms with Crippen molar-refractivity contribution in [2.75, 3.05) is 11.9 Å². The van der Waals surface area contributed by atoms with E-state index in [9.17, 15) is 14.4 Å². The molecule has 156 valence electrons. The third-order valence-electron chi connectivity index (χ3n) is 6.93. The van der Waals surface area contributed by atoms with E-state index < -0.39 is 0 Å². The number of benzene rings is 1. The van der Waals surface area contributed by atoms with Crippen molar-refractivity contribution in [2.24, 2.45) is 35.5 Å². The Bertz CT molecular complexity index is 755. The van der Waals surface area contributed by atoms with Gasteiger partial charge >= 0.3 is 5.97 Å². The summed E-state index contributed by atoms with van der Waals surface area (Å²) in [6.45, 7) is 3.78. The Morgan fingerprint density at radius 3 is 2.10 bits per heavy atom. The molecule has 4 aliphatic rings. The van der Waals surface area contributed by atoms with Crippen LogP contribution in [0.25, 0.3) is 0 Å². The van der Waals surface area contributed by atoms with E-state index in [4.69, 9.17) is 4.74 Å². The molecule has 1 aromatic carbocycles. The number of Topliss-reactive ketones (excluding diaryl/α,β-unsaturated/α-hetero) is 1. The summed E-state index contributed by atoms with van der Waals surface area (Å²) in [6.07, 6.45) is 6.44. The van der Waals surface area contributed by atoms with Crippen molar-refractivity contribution in [3.63, 3.8) is 0 Å². The quantitative estimate of drug-likeness (QED) is 0.544. The Kier molecular flexibility index (Phi) is 5.75. The molecule has 29 heavy (non-hydrogen) atoms. The van der Waals surface area contributed by atoms with Gasteiger partial charge in [0.1, 0.15) is 0 Å². The molecule has 0 atom stereocenters. The Balaban J connectivity index is 1.28. The highest BCUT2D eigenvalue weighted by Gasteiger charge is 2.51. The van der Waals surface area contributed by atoms with Crippen LogP contribution in [0.4, 0.5) is 5.69 Å². The molecule has 4 aliphatic carbocycles. The Morgan fingerprint density at radius 2 is 1.55 bits per heavy atom. The minimum atomic E-state index is -0.208. The maximum absolute atomic E-state index is 12.7. The van der Waals surface area contributed by atoms with Crippen LogP contribution >= 0.6 is 0 Å². The summed E-state index contributed by atoms with van der Waals surface area (Å²) in [7, 11) is 0. The molecule has 1 amide bonds. The second-order valence-corrected chi connectivity index (χ2v) is 9.71. The second-order valence-electron chi connectivity index (χ2n) is 9.71. The molecule has 5 nitrogen and oxygen atoms in total. The van der Waals surface area contributed by atoms with Crippen LogP contribution in [0, 0.1) is 35.5 Å². The first-order chi connectivity index (χ1) is 13.9. The summed E-state index contributed by atoms with van der Waals surface area (Å²) in [5, 5.41) is 2.83. The van der Waals surface area contributed by atoms with Gasteiger partial charge in [-0.05, 0) is 86.0 Å². The fourth-order valence-electron chi connectivity index (χ4n) is 5.95. The monoisotopic (exact) mass is 397 g/mol. The first kappa shape index (κ1) is 20.1. The summed E-state index contributed by atoms with van der Waals surface area (Å²) in [4.78, 5) is 37.0. The number of anilines is 1. The average Bonchev–Trinajstić information content (AvgIpc) is 2.65. The van der Waals surface area contributed by atoms with Gasteiger partial charge in [-0.25, -0.2) is 0 Å². The molecule has 4 fully saturated rings. The van der Waals surface area contributed by atoms with Crippen LogP contribution < -0.4 is 5.32 Å². The Labute approximate surface area is 172 Å². The summed E-state index contributed by atoms with van der Waals surface area (Å²) in [5.74, 6) is 2.40. The lowest BCUT2D eigenvalue weighted by Crippen LogP contribution is -2.48. The molecule has 1 N–H and O–H groups in total. The van der Waals surface area contributed by atoms with E-state index in [1.165, 1.54) is 6.42 Å². The molecule has 4 saturated carbocycles. The number of hydrogen-bond acceptors (Lipinski definition) is 4. The highest BCUT2D eigenvalue weighted by Crippen LogP contribution is 2.56. The van der Waals surface area contributed by atoms with Gasteiger partial charge in [0, 0.05) is 17.7 Å². The lowest BCUT2D eigenvalue weighted by atomic mass is 9.52. The number of esters is 1. The van der Waals surface area contributed by atoms with Gasteiger partial charge < -0.3 is 10.1 Å². The maximum Gasteiger partial charge on any atom is 0.309 e. The molecular formula is C24H31NO4. The number of ether oxygens (including phenoxy) is 1. The molecule has 4 bridgehead atoms. The number of nitrogens with one attached hydrogen (secondary N) is 1. The summed E-state index contributed by atoms with van der Waals surface area (Å²) >= 11 is 0. The minimum Gasteiger partial charge on any atom is -0.457 e. The smallest absolute Gasteiger partial charge is 0.309 e. The van der Waals surface area contributed by atoms with Crippen molar-refractivity contribution in [3.05, 3.63) is 29.8 Å². The number of hydrogen-bond donors (Lipinski definition) is 1. The van der Waals surface area contributed by atoms with Gasteiger partial charge in [-0.3, -0.25) is 14.4 Å². The highest BCUT2D eigenvalue weighted by molar-refractivity contribution is 5.99. The van der Waals surface area contributed by atoms with E-state index >= 15 is 0 Å². The SMILES string of the molecule is CC(C)CC(=O)Nc1ccc(C(=O)COC(=O)C2C3CC4CC(C3)CC2C4)cc1. The maximum atomic E-state index is 12.7. The number of ketones is 1. The third kappa shape index (κ3) is 4.54. The van der Waals surface area contributed by atoms with Gasteiger partial charge in [-0.15, -0.1) is 0 Å². The zero-order chi connectivity index (χ0) is 20.5. The first-order valence-electron chi connectivity index (χ1n) is 11.0. The molecule has 1 aromatic rings. The van der Waals surface area contributed by atoms with Crippen molar-refractivity contribution < 1.29 is 19.1 Å². The average molecular weight is 398 g/mol. The van der Waals surface area contributed by atoms with Crippen LogP contribution in [0.1, 0.15) is 62.7 Å². The number of amides is 1. The zero-order valence-electron chi connectivity index (χ0n) is 17.4. The predicted molar refractivity (Wildman–Crippen MR) is 110 cm³/mol. The fraction of sp³-hybridized carbons (Fsp3) is 0.625. The van der Waals surface area contributed by atoms with Crippen LogP contribution in [0.3, 0.4) is 0 Å². The van der Waals surface area contributed by atoms with Crippen molar-refractivity contribution in [1.82, 2.24) is 0 Å². The molecule has 0 saturated heterocycles. The number of rotatable bonds is 7. The lowest BCUT2D eigenvalue weighted by molar-refractivity contribution is -0.161. The molecule has 5 rings (SSSR count). The topological polar surface area (TPSA) is 72.5 Å². The van der Waals surface area contributed by atoms with Crippen LogP contribution in [-0.2, 0) is 14.3 Å². The number of carbonyl (C=O) groups excluding carboxylic acids is 3. The van der Waals surface area contributed by atoms with Gasteiger partial charge in [0.05, 0.1) is 5.92 Å². The van der Waals surface area contributed by atoms with Crippen LogP contribution in [0.15, 0.2) is 24.3 Å². The zero-order valence-corrected chi connectivity index (χ0v) is 17.4. The van der Waals surface area contributed by atoms with E-state index in [2.05, 4.69) is 5.32 Å². The van der Waals surface area contributed by atoms with Crippen molar-refractivity contribution in [1.29, 1.82) is 0 Å². The van der Waals surface area contributed by atoms with Crippen molar-refractivity contribution in [3.8, 4) is 0 Å². The molecule has 5 heteroatoms. The van der Waals surface area contributed by atoms with Gasteiger partial charge in [-0.2, -0.15) is 0 Å². The van der Waals surface area contributed by atoms with E-state index in [-0.39, 0.29) is 30.2 Å². The fourth-order valence-corrected chi connectivity index (χ4v) is 5.95. The molecular weight excluding hydrogens is 366 g/mol. The van der Waals surface area contributed by atoms with Crippen molar-refractivity contribution >= 4 is 23.3 Å². The summed E-state index contributed by atoms with van der Waals surface area (Å²) < 4.78 is 5.46. The normalized spacial score (nSPS) is 29.7. The standard InChI is InChI=1S/C24H31NO4/c1-14(2)7-22(27)25-20-5-3-17(4-6-20)21(26)13-29-24(28)23-18-9-15-8-16(11-18)12-19(23)10-15/h3-6,14-16,18-19,23H,7-13H2,1-2H3,(H,25,27). The largest absolute Gasteiger partial charge is 0.457 e. The second kappa shape index (κ2) is 8.29. The van der Waals surface area contributed by atoms with Crippen molar-refractivity contribution in [2.45, 2.75) is 52.4 Å². The van der Waals surface area contributed by atoms with E-state index in [1.807, 2.05) is 13.8 Å². The van der Waals surface area contributed by atoms with E-state index in [0.717, 1.165) is 37.5 Å². The van der Waals surface area contributed by atoms with Gasteiger partial charge in [-0.1, -0.05) is 13.8 Å². The number of carbonyl (C=O) groups is 3. The van der Waals surface area contributed by atoms with Gasteiger partial charge in [0.2, 0.25) is 5.91 Å². The Morgan fingerprint density at radius 1 is 0.966 bits per heavy atom. The molecule has 0 aliphatic heterocycles. The first-order valence-corrected chi connectivity index (χ1v) is 11.0. The Hall–Kier alpha value is -2.17. The molecule has 0 radical (unpaired) electrons. The molecule has 0 heterocycles. The lowest BCUT2D eigenvalue weighted by Gasteiger charge is -2.53. The van der Waals surface area contributed by atoms with Gasteiger partial charge in [0.25, 0.3) is 0 Å². The predicted octanol–water partition coefficient (Wildman–Crippen LogP) is 4.47. The summed E-state index contributed by atoms with van der Waals surface area (Å²) in [5.41, 5.74) is 1.16. The van der Waals surface area contributed by atoms with Crippen LogP contribution in [-0.4, -0.2) is 24.3 Å². The van der Waals surface area contributed by atoms with E-state index in [0.29, 0.717) is 35.4 Å². The molecule has 0 unspecified atom stereocenters. The molecule has 0 spiro atoms. The van der Waals surface area contributed by atoms with E-state index in [1.54, 1.807) is 24.3 Å². The third-order valence-corrected chi connectivity index (χ3v) is 6.93.